The van der Waals surface area contributed by atoms with Gasteiger partial charge < -0.3 is 25.6 Å². The van der Waals surface area contributed by atoms with Gasteiger partial charge in [0, 0.05) is 19.7 Å². The molecule has 0 radical (unpaired) electrons. The van der Waals surface area contributed by atoms with Crippen molar-refractivity contribution in [3.05, 3.63) is 11.9 Å². The van der Waals surface area contributed by atoms with E-state index in [1.165, 1.54) is 0 Å². The lowest BCUT2D eigenvalue weighted by Crippen LogP contribution is -2.28. The molecule has 4 N–H and O–H groups in total. The van der Waals surface area contributed by atoms with Crippen LogP contribution in [0.5, 0.6) is 0 Å². The van der Waals surface area contributed by atoms with E-state index in [-0.39, 0.29) is 13.2 Å². The molecule has 0 aliphatic carbocycles. The van der Waals surface area contributed by atoms with Crippen molar-refractivity contribution in [2.45, 2.75) is 19.6 Å². The second-order valence-corrected chi connectivity index (χ2v) is 3.65. The zero-order valence-corrected chi connectivity index (χ0v) is 10.7. The first-order chi connectivity index (χ1) is 8.73. The average Bonchev–Trinajstić information content (AvgIpc) is 2.42. The lowest BCUT2D eigenvalue weighted by molar-refractivity contribution is 0.128. The van der Waals surface area contributed by atoms with Crippen molar-refractivity contribution < 1.29 is 14.9 Å². The largest absolute Gasteiger partial charge is 0.394 e. The first kappa shape index (κ1) is 14.6. The van der Waals surface area contributed by atoms with E-state index in [2.05, 4.69) is 20.6 Å². The van der Waals surface area contributed by atoms with Crippen molar-refractivity contribution in [3.63, 3.8) is 0 Å². The van der Waals surface area contributed by atoms with Gasteiger partial charge in [0.25, 0.3) is 0 Å². The molecule has 0 aliphatic heterocycles. The van der Waals surface area contributed by atoms with Crippen LogP contribution in [0.4, 0.5) is 11.6 Å². The van der Waals surface area contributed by atoms with Crippen molar-refractivity contribution in [1.29, 1.82) is 0 Å². The highest BCUT2D eigenvalue weighted by atomic mass is 16.5. The van der Waals surface area contributed by atoms with Gasteiger partial charge in [-0.25, -0.2) is 9.97 Å². The molecule has 102 valence electrons. The van der Waals surface area contributed by atoms with Gasteiger partial charge in [-0.15, -0.1) is 0 Å². The highest BCUT2D eigenvalue weighted by Gasteiger charge is 2.09. The van der Waals surface area contributed by atoms with Crippen LogP contribution in [0, 0.1) is 0 Å². The van der Waals surface area contributed by atoms with Crippen LogP contribution in [0.1, 0.15) is 12.7 Å². The predicted octanol–water partition coefficient (Wildman–Crippen LogP) is -0.180. The van der Waals surface area contributed by atoms with Crippen LogP contribution in [0.25, 0.3) is 0 Å². The Morgan fingerprint density at radius 3 is 2.50 bits per heavy atom. The Kier molecular flexibility index (Phi) is 6.34. The van der Waals surface area contributed by atoms with Gasteiger partial charge >= 0.3 is 0 Å². The third-order valence-corrected chi connectivity index (χ3v) is 2.26. The molecular formula is C11H20N4O3. The van der Waals surface area contributed by atoms with E-state index in [9.17, 15) is 0 Å². The third kappa shape index (κ3) is 4.44. The summed E-state index contributed by atoms with van der Waals surface area (Å²) >= 11 is 0. The van der Waals surface area contributed by atoms with Crippen LogP contribution in [0.3, 0.4) is 0 Å². The zero-order chi connectivity index (χ0) is 13.4. The third-order valence-electron chi connectivity index (χ3n) is 2.26. The molecule has 0 spiro atoms. The quantitative estimate of drug-likeness (QED) is 0.512. The molecule has 0 aliphatic rings. The molecule has 0 aromatic carbocycles. The van der Waals surface area contributed by atoms with Crippen molar-refractivity contribution >= 4 is 11.6 Å². The number of hydrogen-bond acceptors (Lipinski definition) is 7. The van der Waals surface area contributed by atoms with E-state index in [1.807, 2.05) is 6.92 Å². The Labute approximate surface area is 106 Å². The normalized spacial score (nSPS) is 10.7. The second kappa shape index (κ2) is 7.80. The van der Waals surface area contributed by atoms with Crippen LogP contribution in [-0.2, 0) is 11.3 Å². The molecule has 0 atom stereocenters. The minimum Gasteiger partial charge on any atom is -0.394 e. The monoisotopic (exact) mass is 256 g/mol. The van der Waals surface area contributed by atoms with Crippen molar-refractivity contribution in [2.75, 3.05) is 37.5 Å². The SMILES string of the molecule is CCOCc1nc(NC)cc(NC(CO)CO)n1. The highest BCUT2D eigenvalue weighted by molar-refractivity contribution is 5.47. The molecule has 0 saturated carbocycles. The Hall–Kier alpha value is -1.44. The summed E-state index contributed by atoms with van der Waals surface area (Å²) in [5.74, 6) is 1.73. The summed E-state index contributed by atoms with van der Waals surface area (Å²) in [6.45, 7) is 2.47. The number of ether oxygens (including phenoxy) is 1. The number of nitrogens with zero attached hydrogens (tertiary/aromatic N) is 2. The smallest absolute Gasteiger partial charge is 0.158 e. The van der Waals surface area contributed by atoms with E-state index < -0.39 is 6.04 Å². The molecule has 7 nitrogen and oxygen atoms in total. The predicted molar refractivity (Wildman–Crippen MR) is 68.5 cm³/mol. The maximum atomic E-state index is 9.02. The van der Waals surface area contributed by atoms with Gasteiger partial charge in [0.05, 0.1) is 19.3 Å². The Morgan fingerprint density at radius 2 is 1.94 bits per heavy atom. The summed E-state index contributed by atoms with van der Waals surface area (Å²) in [4.78, 5) is 8.48. The van der Waals surface area contributed by atoms with Crippen molar-refractivity contribution in [3.8, 4) is 0 Å². The molecule has 0 unspecified atom stereocenters. The number of aromatic nitrogens is 2. The molecule has 1 rings (SSSR count). The molecule has 0 bridgehead atoms. The summed E-state index contributed by atoms with van der Waals surface area (Å²) in [6.07, 6.45) is 0. The molecule has 1 aromatic heterocycles. The topological polar surface area (TPSA) is 99.5 Å². The van der Waals surface area contributed by atoms with E-state index >= 15 is 0 Å². The van der Waals surface area contributed by atoms with Crippen LogP contribution >= 0.6 is 0 Å². The summed E-state index contributed by atoms with van der Waals surface area (Å²) in [7, 11) is 1.76. The van der Waals surface area contributed by atoms with E-state index in [4.69, 9.17) is 14.9 Å². The Balaban J connectivity index is 2.82. The lowest BCUT2D eigenvalue weighted by atomic mass is 10.3. The number of nitrogens with one attached hydrogen (secondary N) is 2. The molecule has 0 fully saturated rings. The Morgan fingerprint density at radius 1 is 1.28 bits per heavy atom. The molecular weight excluding hydrogens is 236 g/mol. The van der Waals surface area contributed by atoms with Gasteiger partial charge in [0.2, 0.25) is 0 Å². The summed E-state index contributed by atoms with van der Waals surface area (Å²) < 4.78 is 5.25. The van der Waals surface area contributed by atoms with Gasteiger partial charge in [0.1, 0.15) is 18.2 Å². The highest BCUT2D eigenvalue weighted by Crippen LogP contribution is 2.12. The van der Waals surface area contributed by atoms with Crippen LogP contribution in [0.2, 0.25) is 0 Å². The molecule has 0 amide bonds. The average molecular weight is 256 g/mol. The molecule has 1 heterocycles. The van der Waals surface area contributed by atoms with Crippen molar-refractivity contribution in [2.24, 2.45) is 0 Å². The van der Waals surface area contributed by atoms with Gasteiger partial charge in [0.15, 0.2) is 5.82 Å². The molecule has 1 aromatic rings. The molecule has 0 saturated heterocycles. The second-order valence-electron chi connectivity index (χ2n) is 3.65. The van der Waals surface area contributed by atoms with E-state index in [0.29, 0.717) is 30.7 Å². The summed E-state index contributed by atoms with van der Waals surface area (Å²) in [5.41, 5.74) is 0. The summed E-state index contributed by atoms with van der Waals surface area (Å²) in [5, 5.41) is 23.9. The first-order valence-electron chi connectivity index (χ1n) is 5.85. The zero-order valence-electron chi connectivity index (χ0n) is 10.7. The number of anilines is 2. The lowest BCUT2D eigenvalue weighted by Gasteiger charge is -2.15. The summed E-state index contributed by atoms with van der Waals surface area (Å²) in [6, 6.07) is 1.26. The van der Waals surface area contributed by atoms with Gasteiger partial charge in [-0.1, -0.05) is 0 Å². The van der Waals surface area contributed by atoms with Crippen molar-refractivity contribution in [1.82, 2.24) is 9.97 Å². The Bertz CT molecular complexity index is 358. The molecule has 7 heteroatoms. The fraction of sp³-hybridized carbons (Fsp3) is 0.636. The number of aliphatic hydroxyl groups excluding tert-OH is 2. The van der Waals surface area contributed by atoms with Gasteiger partial charge in [-0.3, -0.25) is 0 Å². The maximum absolute atomic E-state index is 9.02. The number of rotatable bonds is 8. The van der Waals surface area contributed by atoms with Crippen LogP contribution < -0.4 is 10.6 Å². The minimum atomic E-state index is -0.440. The van der Waals surface area contributed by atoms with E-state index in [1.54, 1.807) is 13.1 Å². The standard InChI is InChI=1S/C11H20N4O3/c1-3-18-7-11-14-9(12-2)4-10(15-11)13-8(5-16)6-17/h4,8,16-17H,3,5-7H2,1-2H3,(H2,12,13,14,15). The van der Waals surface area contributed by atoms with Crippen LogP contribution in [-0.4, -0.2) is 53.1 Å². The van der Waals surface area contributed by atoms with Crippen LogP contribution in [0.15, 0.2) is 6.07 Å². The fourth-order valence-electron chi connectivity index (χ4n) is 1.32. The van der Waals surface area contributed by atoms with Gasteiger partial charge in [-0.2, -0.15) is 0 Å². The number of hydrogen-bond donors (Lipinski definition) is 4. The first-order valence-corrected chi connectivity index (χ1v) is 5.85. The number of aliphatic hydroxyl groups is 2. The molecule has 18 heavy (non-hydrogen) atoms. The maximum Gasteiger partial charge on any atom is 0.158 e. The minimum absolute atomic E-state index is 0.170. The van der Waals surface area contributed by atoms with E-state index in [0.717, 1.165) is 0 Å². The van der Waals surface area contributed by atoms with Gasteiger partial charge in [-0.05, 0) is 6.92 Å². The fourth-order valence-corrected chi connectivity index (χ4v) is 1.32.